The van der Waals surface area contributed by atoms with E-state index in [1.807, 2.05) is 130 Å². The summed E-state index contributed by atoms with van der Waals surface area (Å²) in [5.74, 6) is -3.70. The molecule has 2 amide bonds. The van der Waals surface area contributed by atoms with Gasteiger partial charge in [-0.25, -0.2) is 0 Å². The molecule has 113 heavy (non-hydrogen) atoms. The van der Waals surface area contributed by atoms with Gasteiger partial charge in [-0.1, -0.05) is 146 Å². The Hall–Kier alpha value is -10.4. The molecule has 2 aliphatic heterocycles. The van der Waals surface area contributed by atoms with Crippen LogP contribution in [-0.4, -0.2) is 107 Å². The van der Waals surface area contributed by atoms with Crippen molar-refractivity contribution >= 4 is 40.6 Å². The molecule has 23 heteroatoms. The average Bonchev–Trinajstić information content (AvgIpc) is 1.71. The quantitative estimate of drug-likeness (QED) is 0.0477. The van der Waals surface area contributed by atoms with Crippen molar-refractivity contribution in [1.82, 2.24) is 20.3 Å². The fourth-order valence-electron chi connectivity index (χ4n) is 18.5. The Bertz CT molecular complexity index is 5100. The molecule has 6 aromatic carbocycles. The monoisotopic (exact) mass is 1550 g/mol. The summed E-state index contributed by atoms with van der Waals surface area (Å²) >= 11 is 0. The predicted molar refractivity (Wildman–Crippen MR) is 405 cm³/mol. The van der Waals surface area contributed by atoms with Gasteiger partial charge in [0.2, 0.25) is 5.91 Å². The first kappa shape index (κ1) is 80.7. The number of alkyl halides is 9. The van der Waals surface area contributed by atoms with E-state index in [1.165, 1.54) is 0 Å². The molecular formula is C90H86F9N5O9. The lowest BCUT2D eigenvalue weighted by molar-refractivity contribution is -0.279. The number of carbonyl (C=O) groups is 6. The molecular weight excluding hydrogens is 1470 g/mol. The molecule has 0 radical (unpaired) electrons. The van der Waals surface area contributed by atoms with Crippen molar-refractivity contribution in [3.63, 3.8) is 0 Å². The van der Waals surface area contributed by atoms with E-state index in [9.17, 15) is 83.6 Å². The van der Waals surface area contributed by atoms with Crippen LogP contribution in [0.15, 0.2) is 201 Å². The zero-order valence-corrected chi connectivity index (χ0v) is 62.5. The SMILES string of the molecule is Cc1ncccc1CC(=O)c1ccc2c(c1)C(=O)C[C@H]1CC(O)(C(F)(F)F)CC[C@@]21Cc1ccccc1.Cc1ncccc1CC(=O)c1ccc2c(c1)C(=O)NC[C@H]1CC(O)(C(F)(F)F)CC[C@@]21Cc1ccccc1.Cc1ncccc1CC(=O)c1ccc2c(c1)NC(=O)C[C@H]1CC(O)(C(F)(F)F)CC[C@@]21Cc1ccccc1. The molecule has 4 aliphatic carbocycles. The predicted octanol–water partition coefficient (Wildman–Crippen LogP) is 16.8. The summed E-state index contributed by atoms with van der Waals surface area (Å²) in [4.78, 5) is 91.7. The van der Waals surface area contributed by atoms with Crippen molar-refractivity contribution in [2.75, 3.05) is 11.9 Å². The lowest BCUT2D eigenvalue weighted by Crippen LogP contribution is -2.57. The fraction of sp³-hybridized carbons (Fsp3) is 0.367. The summed E-state index contributed by atoms with van der Waals surface area (Å²) in [5, 5.41) is 37.5. The van der Waals surface area contributed by atoms with E-state index in [1.54, 1.807) is 91.4 Å². The third kappa shape index (κ3) is 16.3. The van der Waals surface area contributed by atoms with Crippen LogP contribution >= 0.6 is 0 Å². The molecule has 3 fully saturated rings. The minimum absolute atomic E-state index is 0.00308. The fourth-order valence-corrected chi connectivity index (χ4v) is 18.5. The average molecular weight is 1550 g/mol. The number of aryl methyl sites for hydroxylation is 3. The summed E-state index contributed by atoms with van der Waals surface area (Å²) in [6.07, 6.45) is -10.7. The number of fused-ring (bicyclic) bond motifs is 9. The molecule has 0 bridgehead atoms. The van der Waals surface area contributed by atoms with Crippen molar-refractivity contribution in [3.8, 4) is 0 Å². The van der Waals surface area contributed by atoms with Crippen molar-refractivity contribution in [1.29, 1.82) is 0 Å². The van der Waals surface area contributed by atoms with Gasteiger partial charge in [0.15, 0.2) is 39.9 Å². The minimum Gasteiger partial charge on any atom is -0.380 e. The molecule has 9 aromatic rings. The number of Topliss-reactive ketones (excluding diaryl/α,β-unsaturated/α-hetero) is 4. The second-order valence-electron chi connectivity index (χ2n) is 31.7. The lowest BCUT2D eigenvalue weighted by Gasteiger charge is -2.53. The number of ketones is 4. The maximum Gasteiger partial charge on any atom is 0.417 e. The van der Waals surface area contributed by atoms with E-state index in [0.717, 1.165) is 50.5 Å². The van der Waals surface area contributed by atoms with Gasteiger partial charge in [0.25, 0.3) is 5.91 Å². The molecule has 3 saturated carbocycles. The highest BCUT2D eigenvalue weighted by Gasteiger charge is 2.65. The van der Waals surface area contributed by atoms with Gasteiger partial charge in [-0.05, 0) is 202 Å². The van der Waals surface area contributed by atoms with Crippen LogP contribution in [0.4, 0.5) is 45.2 Å². The molecule has 3 aromatic heterocycles. The Morgan fingerprint density at radius 3 is 1.16 bits per heavy atom. The van der Waals surface area contributed by atoms with Crippen LogP contribution in [0.1, 0.15) is 190 Å². The standard InChI is InChI=1S/2C30H29F3N2O3.C30H28F3NO3/c1-19-21(8-5-13-34-19)15-26(36)22-9-10-24-25(14-22)35-27(37)16-23-18-29(38,30(31,32)33)12-11-28(23,24)17-20-6-3-2-4-7-20;1-19-21(8-5-13-34-19)15-26(36)22-9-10-25-24(14-22)27(37)35-18-23-17-29(38,30(31,32)33)12-11-28(23,25)16-20-6-3-2-4-7-20;1-19-21(8-5-13-34-19)15-26(35)22-9-10-25-24(14-22)27(36)16-23-18-29(37,30(31,32)33)12-11-28(23,25)17-20-6-3-2-4-7-20/h2*2-10,13-14,23,38H,11-12,15-18H2,1H3,(H,35,37);2-10,13-14,23,37H,11-12,15-18H2,1H3/t23-,28-,29?;23-,28+,29?;23-,28-,29?/m010/s1. The number of hydrogen-bond donors (Lipinski definition) is 5. The highest BCUT2D eigenvalue weighted by molar-refractivity contribution is 6.05. The molecule has 14 nitrogen and oxygen atoms in total. The van der Waals surface area contributed by atoms with Crippen LogP contribution < -0.4 is 10.6 Å². The number of nitrogens with one attached hydrogen (secondary N) is 2. The summed E-state index contributed by atoms with van der Waals surface area (Å²) in [7, 11) is 0. The third-order valence-corrected chi connectivity index (χ3v) is 24.9. The maximum absolute atomic E-state index is 13.9. The number of hydrogen-bond acceptors (Lipinski definition) is 12. The first-order valence-corrected chi connectivity index (χ1v) is 37.9. The Balaban J connectivity index is 0.000000148. The Kier molecular flexibility index (Phi) is 22.5. The number of aliphatic hydroxyl groups is 3. The van der Waals surface area contributed by atoms with Crippen LogP contribution in [0.2, 0.25) is 0 Å². The minimum atomic E-state index is -4.79. The van der Waals surface area contributed by atoms with E-state index in [4.69, 9.17) is 0 Å². The summed E-state index contributed by atoms with van der Waals surface area (Å²) < 4.78 is 125. The Morgan fingerprint density at radius 1 is 0.416 bits per heavy atom. The van der Waals surface area contributed by atoms with Gasteiger partial charge < -0.3 is 26.0 Å². The number of nitrogens with zero attached hydrogens (tertiary/aromatic N) is 3. The largest absolute Gasteiger partial charge is 0.417 e. The van der Waals surface area contributed by atoms with Gasteiger partial charge in [-0.2, -0.15) is 39.5 Å². The number of pyridine rings is 3. The molecule has 3 unspecified atom stereocenters. The first-order valence-electron chi connectivity index (χ1n) is 37.9. The highest BCUT2D eigenvalue weighted by atomic mass is 19.4. The summed E-state index contributed by atoms with van der Waals surface area (Å²) in [5.41, 5.74) is 0.918. The summed E-state index contributed by atoms with van der Waals surface area (Å²) in [6.45, 7) is 5.49. The molecule has 5 heterocycles. The van der Waals surface area contributed by atoms with Crippen LogP contribution in [0.25, 0.3) is 0 Å². The number of anilines is 1. The van der Waals surface area contributed by atoms with Crippen molar-refractivity contribution < 1.29 is 83.6 Å². The van der Waals surface area contributed by atoms with E-state index in [-0.39, 0.29) is 81.0 Å². The molecule has 5 N–H and O–H groups in total. The number of aromatic nitrogens is 3. The zero-order valence-electron chi connectivity index (χ0n) is 62.5. The van der Waals surface area contributed by atoms with Gasteiger partial charge in [0, 0.05) is 124 Å². The van der Waals surface area contributed by atoms with E-state index in [0.29, 0.717) is 69.5 Å². The van der Waals surface area contributed by atoms with Gasteiger partial charge in [0.05, 0.1) is 0 Å². The second-order valence-corrected chi connectivity index (χ2v) is 31.7. The smallest absolute Gasteiger partial charge is 0.380 e. The molecule has 0 saturated heterocycles. The van der Waals surface area contributed by atoms with Crippen LogP contribution in [0.5, 0.6) is 0 Å². The third-order valence-electron chi connectivity index (χ3n) is 24.9. The van der Waals surface area contributed by atoms with Crippen LogP contribution in [0, 0.1) is 38.5 Å². The van der Waals surface area contributed by atoms with Crippen LogP contribution in [0.3, 0.4) is 0 Å². The molecule has 15 rings (SSSR count). The number of carbonyl (C=O) groups excluding carboxylic acids is 6. The zero-order chi connectivity index (χ0) is 80.7. The second kappa shape index (κ2) is 31.5. The van der Waals surface area contributed by atoms with Gasteiger partial charge in [-0.3, -0.25) is 43.7 Å². The number of rotatable bonds is 15. The summed E-state index contributed by atoms with van der Waals surface area (Å²) in [6, 6.07) is 54.4. The Morgan fingerprint density at radius 2 is 0.761 bits per heavy atom. The van der Waals surface area contributed by atoms with Crippen LogP contribution in [-0.2, 0) is 59.6 Å². The number of amides is 2. The topological polar surface area (TPSA) is 226 Å². The molecule has 0 spiro atoms. The lowest BCUT2D eigenvalue weighted by atomic mass is 9.52. The van der Waals surface area contributed by atoms with E-state index < -0.39 is 120 Å². The maximum atomic E-state index is 13.9. The van der Waals surface area contributed by atoms with Crippen molar-refractivity contribution in [2.24, 2.45) is 17.8 Å². The van der Waals surface area contributed by atoms with Crippen molar-refractivity contribution in [2.45, 2.75) is 182 Å². The molecule has 6 aliphatic rings. The highest BCUT2D eigenvalue weighted by Crippen LogP contribution is 2.60. The molecule has 588 valence electrons. The van der Waals surface area contributed by atoms with Gasteiger partial charge in [0.1, 0.15) is 0 Å². The van der Waals surface area contributed by atoms with E-state index in [2.05, 4.69) is 25.6 Å². The normalized spacial score (nSPS) is 25.2. The molecule has 9 atom stereocenters. The number of benzene rings is 6. The first-order chi connectivity index (χ1) is 53.6. The van der Waals surface area contributed by atoms with Gasteiger partial charge in [-0.15, -0.1) is 0 Å². The van der Waals surface area contributed by atoms with Gasteiger partial charge >= 0.3 is 18.5 Å². The number of halogens is 9. The van der Waals surface area contributed by atoms with E-state index >= 15 is 0 Å². The Labute approximate surface area is 648 Å². The van der Waals surface area contributed by atoms with Crippen molar-refractivity contribution in [3.05, 3.63) is 296 Å².